The normalized spacial score (nSPS) is 11.4. The first-order chi connectivity index (χ1) is 16.1. The van der Waals surface area contributed by atoms with Gasteiger partial charge in [-0.1, -0.05) is 36.4 Å². The van der Waals surface area contributed by atoms with Crippen LogP contribution in [-0.4, -0.2) is 45.2 Å². The van der Waals surface area contributed by atoms with Crippen LogP contribution >= 0.6 is 0 Å². The number of hydrogen-bond acceptors (Lipinski definition) is 10. The maximum Gasteiger partial charge on any atom is 0.301 e. The molecule has 4 rings (SSSR count). The summed E-state index contributed by atoms with van der Waals surface area (Å²) in [4.78, 5) is 24.6. The highest BCUT2D eigenvalue weighted by molar-refractivity contribution is 6.04. The monoisotopic (exact) mass is 450 g/mol. The Kier molecular flexibility index (Phi) is 6.54. The number of rotatable bonds is 9. The lowest BCUT2D eigenvalue weighted by molar-refractivity contribution is 0.101. The molecule has 2 aromatic heterocycles. The summed E-state index contributed by atoms with van der Waals surface area (Å²) < 4.78 is 20.5. The van der Waals surface area contributed by atoms with Crippen molar-refractivity contribution in [2.24, 2.45) is 0 Å². The Bertz CT molecular complexity index is 1210. The van der Waals surface area contributed by atoms with Gasteiger partial charge in [0, 0.05) is 11.1 Å². The summed E-state index contributed by atoms with van der Waals surface area (Å²) in [7, 11) is 0. The van der Waals surface area contributed by atoms with Crippen LogP contribution in [0.25, 0.3) is 0 Å². The van der Waals surface area contributed by atoms with Gasteiger partial charge in [0.2, 0.25) is 11.6 Å². The van der Waals surface area contributed by atoms with Crippen LogP contribution in [-0.2, 0) is 0 Å². The highest BCUT2D eigenvalue weighted by Gasteiger charge is 2.20. The zero-order valence-corrected chi connectivity index (χ0v) is 17.3. The summed E-state index contributed by atoms with van der Waals surface area (Å²) >= 11 is 0. The molecule has 168 valence electrons. The van der Waals surface area contributed by atoms with E-state index in [1.54, 1.807) is 67.6 Å². The first kappa shape index (κ1) is 21.5. The Morgan fingerprint density at radius 2 is 1.27 bits per heavy atom. The Hall–Kier alpha value is -4.74. The third kappa shape index (κ3) is 5.50. The molecule has 0 saturated heterocycles. The highest BCUT2D eigenvalue weighted by Crippen LogP contribution is 2.23. The van der Waals surface area contributed by atoms with Gasteiger partial charge >= 0.3 is 11.8 Å². The number of carbonyl (C=O) groups is 2. The van der Waals surface area contributed by atoms with Crippen molar-refractivity contribution in [1.29, 1.82) is 0 Å². The van der Waals surface area contributed by atoms with Gasteiger partial charge in [0.15, 0.2) is 0 Å². The molecule has 1 atom stereocenters. The smallest absolute Gasteiger partial charge is 0.301 e. The van der Waals surface area contributed by atoms with Crippen molar-refractivity contribution in [1.82, 2.24) is 20.6 Å². The van der Waals surface area contributed by atoms with E-state index in [-0.39, 0.29) is 30.0 Å². The third-order valence-corrected chi connectivity index (χ3v) is 4.22. The SMILES string of the molecule is C[C@@H](COc1nonc1NC(=O)c1ccccc1)Oc1nonc1NC(=O)c1ccccc1. The maximum absolute atomic E-state index is 12.3. The second kappa shape index (κ2) is 10.0. The van der Waals surface area contributed by atoms with E-state index in [4.69, 9.17) is 9.47 Å². The van der Waals surface area contributed by atoms with Gasteiger partial charge in [-0.25, -0.2) is 9.26 Å². The molecule has 0 saturated carbocycles. The molecule has 0 unspecified atom stereocenters. The molecular formula is C21H18N6O6. The largest absolute Gasteiger partial charge is 0.469 e. The quantitative estimate of drug-likeness (QED) is 0.389. The van der Waals surface area contributed by atoms with Gasteiger partial charge in [-0.05, 0) is 51.8 Å². The predicted octanol–water partition coefficient (Wildman–Crippen LogP) is 2.80. The number of hydrogen-bond donors (Lipinski definition) is 2. The van der Waals surface area contributed by atoms with E-state index in [1.807, 2.05) is 0 Å². The minimum absolute atomic E-state index is 0.0125. The Morgan fingerprint density at radius 3 is 1.82 bits per heavy atom. The van der Waals surface area contributed by atoms with E-state index in [9.17, 15) is 9.59 Å². The molecule has 12 nitrogen and oxygen atoms in total. The van der Waals surface area contributed by atoms with E-state index in [1.165, 1.54) is 0 Å². The topological polar surface area (TPSA) is 154 Å². The van der Waals surface area contributed by atoms with Crippen molar-refractivity contribution < 1.29 is 28.3 Å². The van der Waals surface area contributed by atoms with Crippen molar-refractivity contribution in [2.75, 3.05) is 17.2 Å². The summed E-state index contributed by atoms with van der Waals surface area (Å²) in [5, 5.41) is 19.7. The Balaban J connectivity index is 1.32. The average molecular weight is 450 g/mol. The van der Waals surface area contributed by atoms with Gasteiger partial charge in [-0.2, -0.15) is 0 Å². The summed E-state index contributed by atoms with van der Waals surface area (Å²) in [6, 6.07) is 17.2. The Morgan fingerprint density at radius 1 is 0.788 bits per heavy atom. The van der Waals surface area contributed by atoms with E-state index >= 15 is 0 Å². The maximum atomic E-state index is 12.3. The van der Waals surface area contributed by atoms with Crippen LogP contribution in [0.1, 0.15) is 27.6 Å². The molecule has 0 fully saturated rings. The average Bonchev–Trinajstić information content (AvgIpc) is 3.48. The molecular weight excluding hydrogens is 432 g/mol. The summed E-state index contributed by atoms with van der Waals surface area (Å²) in [5.41, 5.74) is 0.873. The minimum Gasteiger partial charge on any atom is -0.469 e. The summed E-state index contributed by atoms with van der Waals surface area (Å²) in [6.07, 6.45) is -0.571. The lowest BCUT2D eigenvalue weighted by Crippen LogP contribution is -2.23. The molecule has 0 radical (unpaired) electrons. The molecule has 0 aliphatic heterocycles. The highest BCUT2D eigenvalue weighted by atomic mass is 16.6. The fourth-order valence-electron chi connectivity index (χ4n) is 2.65. The molecule has 2 N–H and O–H groups in total. The van der Waals surface area contributed by atoms with Gasteiger partial charge in [0.25, 0.3) is 11.8 Å². The zero-order chi connectivity index (χ0) is 23.0. The van der Waals surface area contributed by atoms with E-state index < -0.39 is 17.9 Å². The van der Waals surface area contributed by atoms with Crippen LogP contribution in [0.4, 0.5) is 11.6 Å². The van der Waals surface area contributed by atoms with E-state index in [2.05, 4.69) is 40.5 Å². The van der Waals surface area contributed by atoms with Crippen molar-refractivity contribution in [3.05, 3.63) is 71.8 Å². The molecule has 0 spiro atoms. The first-order valence-corrected chi connectivity index (χ1v) is 9.77. The van der Waals surface area contributed by atoms with Crippen LogP contribution in [0.15, 0.2) is 69.9 Å². The lowest BCUT2D eigenvalue weighted by Gasteiger charge is -2.13. The van der Waals surface area contributed by atoms with E-state index in [0.717, 1.165) is 0 Å². The van der Waals surface area contributed by atoms with Crippen LogP contribution < -0.4 is 20.1 Å². The number of amides is 2. The van der Waals surface area contributed by atoms with Crippen LogP contribution in [0.5, 0.6) is 11.8 Å². The molecule has 12 heteroatoms. The van der Waals surface area contributed by atoms with Crippen molar-refractivity contribution in [3.8, 4) is 11.8 Å². The molecule has 0 aliphatic rings. The fraction of sp³-hybridized carbons (Fsp3) is 0.143. The number of carbonyl (C=O) groups excluding carboxylic acids is 2. The molecule has 33 heavy (non-hydrogen) atoms. The second-order valence-corrected chi connectivity index (χ2v) is 6.72. The number of nitrogens with one attached hydrogen (secondary N) is 2. The van der Waals surface area contributed by atoms with Gasteiger partial charge < -0.3 is 9.47 Å². The Labute approximate surface area is 186 Å². The fourth-order valence-corrected chi connectivity index (χ4v) is 2.65. The number of aromatic nitrogens is 4. The first-order valence-electron chi connectivity index (χ1n) is 9.77. The molecule has 4 aromatic rings. The number of ether oxygens (including phenoxy) is 2. The van der Waals surface area contributed by atoms with Crippen molar-refractivity contribution >= 4 is 23.5 Å². The number of nitrogens with zero attached hydrogens (tertiary/aromatic N) is 4. The van der Waals surface area contributed by atoms with Crippen LogP contribution in [0, 0.1) is 0 Å². The van der Waals surface area contributed by atoms with Gasteiger partial charge in [-0.3, -0.25) is 20.2 Å². The number of anilines is 2. The van der Waals surface area contributed by atoms with Gasteiger partial charge in [0.1, 0.15) is 12.7 Å². The van der Waals surface area contributed by atoms with E-state index in [0.29, 0.717) is 11.1 Å². The standard InChI is InChI=1S/C21H18N6O6/c1-13(31-21-17(25-33-27-21)23-19(29)15-10-6-3-7-11-15)12-30-20-16(24-32-26-20)22-18(28)14-8-4-2-5-9-14/h2-11,13H,12H2,1H3,(H,22,24,28)(H,23,25,29)/t13-/m0/s1. The van der Waals surface area contributed by atoms with Crippen LogP contribution in [0.3, 0.4) is 0 Å². The van der Waals surface area contributed by atoms with Crippen LogP contribution in [0.2, 0.25) is 0 Å². The number of benzene rings is 2. The minimum atomic E-state index is -0.571. The summed E-state index contributed by atoms with van der Waals surface area (Å²) in [5.74, 6) is -0.790. The van der Waals surface area contributed by atoms with Crippen molar-refractivity contribution in [2.45, 2.75) is 13.0 Å². The summed E-state index contributed by atoms with van der Waals surface area (Å²) in [6.45, 7) is 1.68. The molecule has 2 heterocycles. The third-order valence-electron chi connectivity index (χ3n) is 4.22. The second-order valence-electron chi connectivity index (χ2n) is 6.72. The molecule has 2 amide bonds. The zero-order valence-electron chi connectivity index (χ0n) is 17.3. The van der Waals surface area contributed by atoms with Gasteiger partial charge in [-0.15, -0.1) is 0 Å². The lowest BCUT2D eigenvalue weighted by atomic mass is 10.2. The predicted molar refractivity (Wildman–Crippen MR) is 113 cm³/mol. The van der Waals surface area contributed by atoms with Gasteiger partial charge in [0.05, 0.1) is 0 Å². The molecule has 2 aromatic carbocycles. The molecule has 0 bridgehead atoms. The van der Waals surface area contributed by atoms with Crippen molar-refractivity contribution in [3.63, 3.8) is 0 Å². The molecule has 0 aliphatic carbocycles.